The van der Waals surface area contributed by atoms with Crippen molar-refractivity contribution in [1.82, 2.24) is 0 Å². The number of hydrogen-bond acceptors (Lipinski definition) is 5. The molecule has 6 nitrogen and oxygen atoms in total. The number of aliphatic carboxylic acids is 1. The minimum absolute atomic E-state index is 0.0382. The zero-order valence-electron chi connectivity index (χ0n) is 18.3. The van der Waals surface area contributed by atoms with Crippen molar-refractivity contribution in [3.8, 4) is 5.75 Å². The van der Waals surface area contributed by atoms with Gasteiger partial charge in [0.05, 0.1) is 12.0 Å². The molecule has 4 rings (SSSR count). The van der Waals surface area contributed by atoms with Gasteiger partial charge in [0.15, 0.2) is 6.61 Å². The molecule has 0 radical (unpaired) electrons. The van der Waals surface area contributed by atoms with E-state index in [4.69, 9.17) is 14.6 Å². The van der Waals surface area contributed by atoms with Crippen LogP contribution in [-0.4, -0.2) is 41.0 Å². The molecule has 2 fully saturated rings. The SMILES string of the molecule is CCC[C@@H](CC[C@@H]1[C@H]2Cc3cccc(OCC(=O)O)c3C[C@H]2C[C@H]1O)OC(=O)C1CC1. The Kier molecular flexibility index (Phi) is 6.85. The van der Waals surface area contributed by atoms with Crippen molar-refractivity contribution in [3.05, 3.63) is 29.3 Å². The summed E-state index contributed by atoms with van der Waals surface area (Å²) in [5.74, 6) is 0.745. The Balaban J connectivity index is 1.40. The van der Waals surface area contributed by atoms with Crippen LogP contribution < -0.4 is 4.74 Å². The van der Waals surface area contributed by atoms with Crippen molar-refractivity contribution in [2.45, 2.75) is 76.9 Å². The molecule has 0 spiro atoms. The number of aliphatic hydroxyl groups excluding tert-OH is 1. The van der Waals surface area contributed by atoms with Crippen LogP contribution in [0, 0.1) is 23.7 Å². The highest BCUT2D eigenvalue weighted by molar-refractivity contribution is 5.75. The molecule has 3 aliphatic rings. The minimum atomic E-state index is -0.980. The molecule has 5 atom stereocenters. The number of carboxylic acids is 1. The topological polar surface area (TPSA) is 93.1 Å². The number of fused-ring (bicyclic) bond motifs is 2. The van der Waals surface area contributed by atoms with Crippen molar-refractivity contribution in [1.29, 1.82) is 0 Å². The Labute approximate surface area is 183 Å². The maximum atomic E-state index is 12.1. The number of aliphatic hydroxyl groups is 1. The van der Waals surface area contributed by atoms with Crippen LogP contribution in [0.15, 0.2) is 18.2 Å². The minimum Gasteiger partial charge on any atom is -0.482 e. The third kappa shape index (κ3) is 5.22. The molecule has 0 unspecified atom stereocenters. The van der Waals surface area contributed by atoms with Crippen LogP contribution in [0.25, 0.3) is 0 Å². The number of carbonyl (C=O) groups excluding carboxylic acids is 1. The summed E-state index contributed by atoms with van der Waals surface area (Å²) in [6.45, 7) is 1.77. The van der Waals surface area contributed by atoms with Gasteiger partial charge in [0, 0.05) is 0 Å². The van der Waals surface area contributed by atoms with Gasteiger partial charge in [-0.25, -0.2) is 4.79 Å². The summed E-state index contributed by atoms with van der Waals surface area (Å²) in [5.41, 5.74) is 2.30. The van der Waals surface area contributed by atoms with E-state index < -0.39 is 5.97 Å². The molecule has 2 N–H and O–H groups in total. The Morgan fingerprint density at radius 3 is 2.71 bits per heavy atom. The van der Waals surface area contributed by atoms with E-state index in [1.54, 1.807) is 0 Å². The lowest BCUT2D eigenvalue weighted by Gasteiger charge is -2.32. The number of benzene rings is 1. The Bertz CT molecular complexity index is 801. The molecule has 31 heavy (non-hydrogen) atoms. The molecular weight excluding hydrogens is 396 g/mol. The van der Waals surface area contributed by atoms with Crippen LogP contribution >= 0.6 is 0 Å². The number of ether oxygens (including phenoxy) is 2. The highest BCUT2D eigenvalue weighted by Crippen LogP contribution is 2.48. The summed E-state index contributed by atoms with van der Waals surface area (Å²) in [4.78, 5) is 23.0. The monoisotopic (exact) mass is 430 g/mol. The average molecular weight is 431 g/mol. The molecular formula is C25H34O6. The number of carboxylic acid groups (broad SMARTS) is 1. The van der Waals surface area contributed by atoms with E-state index in [9.17, 15) is 14.7 Å². The van der Waals surface area contributed by atoms with Crippen molar-refractivity contribution >= 4 is 11.9 Å². The average Bonchev–Trinajstić information content (AvgIpc) is 3.53. The van der Waals surface area contributed by atoms with E-state index in [1.165, 1.54) is 5.56 Å². The van der Waals surface area contributed by atoms with E-state index in [0.717, 1.165) is 63.4 Å². The number of hydrogen-bond donors (Lipinski definition) is 2. The predicted molar refractivity (Wildman–Crippen MR) is 115 cm³/mol. The second-order valence-corrected chi connectivity index (χ2v) is 9.57. The van der Waals surface area contributed by atoms with Crippen LogP contribution in [0.4, 0.5) is 0 Å². The van der Waals surface area contributed by atoms with E-state index >= 15 is 0 Å². The lowest BCUT2D eigenvalue weighted by atomic mass is 9.73. The molecule has 0 aromatic heterocycles. The Morgan fingerprint density at radius 2 is 2.00 bits per heavy atom. The van der Waals surface area contributed by atoms with Gasteiger partial charge in [-0.2, -0.15) is 0 Å². The third-order valence-electron chi connectivity index (χ3n) is 7.32. The summed E-state index contributed by atoms with van der Waals surface area (Å²) < 4.78 is 11.3. The van der Waals surface area contributed by atoms with E-state index in [0.29, 0.717) is 17.6 Å². The molecule has 1 aromatic carbocycles. The smallest absolute Gasteiger partial charge is 0.341 e. The van der Waals surface area contributed by atoms with E-state index in [1.807, 2.05) is 12.1 Å². The normalized spacial score (nSPS) is 27.8. The summed E-state index contributed by atoms with van der Waals surface area (Å²) >= 11 is 0. The van der Waals surface area contributed by atoms with Crippen molar-refractivity contribution in [2.24, 2.45) is 23.7 Å². The van der Waals surface area contributed by atoms with Crippen LogP contribution in [0.2, 0.25) is 0 Å². The lowest BCUT2D eigenvalue weighted by Crippen LogP contribution is -2.29. The quantitative estimate of drug-likeness (QED) is 0.549. The summed E-state index contributed by atoms with van der Waals surface area (Å²) in [7, 11) is 0. The summed E-state index contributed by atoms with van der Waals surface area (Å²) in [6, 6.07) is 5.86. The van der Waals surface area contributed by atoms with Crippen LogP contribution in [-0.2, 0) is 27.2 Å². The van der Waals surface area contributed by atoms with Crippen LogP contribution in [0.5, 0.6) is 5.75 Å². The van der Waals surface area contributed by atoms with Gasteiger partial charge < -0.3 is 19.7 Å². The van der Waals surface area contributed by atoms with E-state index in [-0.39, 0.29) is 36.6 Å². The van der Waals surface area contributed by atoms with Crippen molar-refractivity contribution in [2.75, 3.05) is 6.61 Å². The van der Waals surface area contributed by atoms with Crippen LogP contribution in [0.3, 0.4) is 0 Å². The fourth-order valence-electron chi connectivity index (χ4n) is 5.62. The molecule has 170 valence electrons. The molecule has 0 saturated heterocycles. The standard InChI is InChI=1S/C25H34O6/c1-2-4-18(31-25(29)15-7-8-15)9-10-19-20-11-16-5-3-6-23(30-14-24(27)28)21(16)12-17(20)13-22(19)26/h3,5-6,15,17-20,22,26H,2,4,7-14H2,1H3,(H,27,28)/t17-,18-,19+,20-,22+/m0/s1. The van der Waals surface area contributed by atoms with Gasteiger partial charge >= 0.3 is 11.9 Å². The van der Waals surface area contributed by atoms with Crippen molar-refractivity contribution in [3.63, 3.8) is 0 Å². The van der Waals surface area contributed by atoms with Crippen molar-refractivity contribution < 1.29 is 29.3 Å². The van der Waals surface area contributed by atoms with Gasteiger partial charge in [-0.15, -0.1) is 0 Å². The van der Waals surface area contributed by atoms with Gasteiger partial charge in [0.1, 0.15) is 11.9 Å². The van der Waals surface area contributed by atoms with Gasteiger partial charge in [0.25, 0.3) is 0 Å². The number of carbonyl (C=O) groups is 2. The Morgan fingerprint density at radius 1 is 1.19 bits per heavy atom. The molecule has 2 saturated carbocycles. The maximum absolute atomic E-state index is 12.1. The highest BCUT2D eigenvalue weighted by Gasteiger charge is 2.45. The maximum Gasteiger partial charge on any atom is 0.341 e. The van der Waals surface area contributed by atoms with Gasteiger partial charge in [-0.05, 0) is 86.3 Å². The molecule has 0 amide bonds. The fraction of sp³-hybridized carbons (Fsp3) is 0.680. The Hall–Kier alpha value is -2.08. The highest BCUT2D eigenvalue weighted by atomic mass is 16.5. The molecule has 0 bridgehead atoms. The zero-order chi connectivity index (χ0) is 22.0. The number of rotatable bonds is 10. The fourth-order valence-corrected chi connectivity index (χ4v) is 5.62. The van der Waals surface area contributed by atoms with E-state index in [2.05, 4.69) is 13.0 Å². The number of esters is 1. The first kappa shape index (κ1) is 22.1. The third-order valence-corrected chi connectivity index (χ3v) is 7.32. The molecule has 0 heterocycles. The zero-order valence-corrected chi connectivity index (χ0v) is 18.3. The first-order valence-corrected chi connectivity index (χ1v) is 11.8. The molecule has 0 aliphatic heterocycles. The largest absolute Gasteiger partial charge is 0.482 e. The first-order valence-electron chi connectivity index (χ1n) is 11.8. The molecule has 3 aliphatic carbocycles. The second kappa shape index (κ2) is 9.60. The van der Waals surface area contributed by atoms with Crippen LogP contribution in [0.1, 0.15) is 63.0 Å². The summed E-state index contributed by atoms with van der Waals surface area (Å²) in [5, 5.41) is 19.8. The first-order chi connectivity index (χ1) is 15.0. The lowest BCUT2D eigenvalue weighted by molar-refractivity contribution is -0.151. The second-order valence-electron chi connectivity index (χ2n) is 9.57. The van der Waals surface area contributed by atoms with Gasteiger partial charge in [-0.1, -0.05) is 25.5 Å². The predicted octanol–water partition coefficient (Wildman–Crippen LogP) is 3.76. The summed E-state index contributed by atoms with van der Waals surface area (Å²) in [6.07, 6.45) is 7.54. The molecule has 1 aromatic rings. The van der Waals surface area contributed by atoms with Gasteiger partial charge in [0.2, 0.25) is 0 Å². The molecule has 6 heteroatoms. The van der Waals surface area contributed by atoms with Gasteiger partial charge in [-0.3, -0.25) is 4.79 Å².